The van der Waals surface area contributed by atoms with Crippen molar-refractivity contribution in [2.45, 2.75) is 13.8 Å². The van der Waals surface area contributed by atoms with Crippen LogP contribution in [0.25, 0.3) is 0 Å². The van der Waals surface area contributed by atoms with Crippen molar-refractivity contribution in [2.75, 3.05) is 24.6 Å². The van der Waals surface area contributed by atoms with Gasteiger partial charge in [0.1, 0.15) is 0 Å². The highest BCUT2D eigenvalue weighted by Crippen LogP contribution is 2.14. The Kier molecular flexibility index (Phi) is 3.77. The van der Waals surface area contributed by atoms with E-state index in [0.29, 0.717) is 6.54 Å². The minimum absolute atomic E-state index is 0.200. The molecule has 0 spiro atoms. The van der Waals surface area contributed by atoms with Crippen molar-refractivity contribution >= 4 is 5.69 Å². The van der Waals surface area contributed by atoms with E-state index in [1.807, 2.05) is 19.1 Å². The molecule has 0 aromatic heterocycles. The van der Waals surface area contributed by atoms with Gasteiger partial charge in [-0.25, -0.2) is 0 Å². The molecule has 0 bridgehead atoms. The number of aliphatic hydroxyl groups is 1. The molecule has 0 saturated carbocycles. The maximum absolute atomic E-state index is 8.85. The van der Waals surface area contributed by atoms with Crippen molar-refractivity contribution < 1.29 is 5.11 Å². The lowest BCUT2D eigenvalue weighted by Gasteiger charge is -2.22. The maximum Gasteiger partial charge on any atom is 0.0606 e. The number of benzene rings is 1. The Bertz CT molecular complexity index is 260. The minimum atomic E-state index is 0.200. The molecule has 0 aliphatic heterocycles. The summed E-state index contributed by atoms with van der Waals surface area (Å²) in [6.07, 6.45) is 0. The van der Waals surface area contributed by atoms with Crippen molar-refractivity contribution in [3.8, 4) is 0 Å². The molecule has 1 rings (SSSR count). The highest BCUT2D eigenvalue weighted by Gasteiger charge is 2.02. The number of aryl methyl sites for hydroxylation is 1. The van der Waals surface area contributed by atoms with Crippen molar-refractivity contribution in [3.05, 3.63) is 29.8 Å². The van der Waals surface area contributed by atoms with E-state index < -0.39 is 0 Å². The second kappa shape index (κ2) is 4.87. The molecule has 2 nitrogen and oxygen atoms in total. The number of aliphatic hydroxyl groups excluding tert-OH is 1. The number of hydrogen-bond donors (Lipinski definition) is 1. The second-order valence-corrected chi connectivity index (χ2v) is 3.03. The zero-order valence-electron chi connectivity index (χ0n) is 8.25. The standard InChI is InChI=1S/C11H16NO/c1-3-12(7-8-13)11-6-4-5-10(2)9-11/h4,6,9,13H,3,7-8H2,1-2H3. The average Bonchev–Trinajstić information content (AvgIpc) is 2.14. The predicted octanol–water partition coefficient (Wildman–Crippen LogP) is 1.61. The fraction of sp³-hybridized carbons (Fsp3) is 0.455. The van der Waals surface area contributed by atoms with Gasteiger partial charge >= 0.3 is 0 Å². The Morgan fingerprint density at radius 2 is 2.31 bits per heavy atom. The van der Waals surface area contributed by atoms with Crippen LogP contribution in [-0.2, 0) is 0 Å². The first kappa shape index (κ1) is 10.1. The van der Waals surface area contributed by atoms with Crippen LogP contribution in [0.3, 0.4) is 0 Å². The lowest BCUT2D eigenvalue weighted by Crippen LogP contribution is -2.26. The lowest BCUT2D eigenvalue weighted by molar-refractivity contribution is 0.302. The fourth-order valence-electron chi connectivity index (χ4n) is 1.36. The lowest BCUT2D eigenvalue weighted by atomic mass is 10.2. The van der Waals surface area contributed by atoms with Crippen LogP contribution in [0.15, 0.2) is 18.2 Å². The highest BCUT2D eigenvalue weighted by molar-refractivity contribution is 5.47. The highest BCUT2D eigenvalue weighted by atomic mass is 16.3. The maximum atomic E-state index is 8.85. The molecule has 0 aliphatic carbocycles. The predicted molar refractivity (Wildman–Crippen MR) is 55.0 cm³/mol. The van der Waals surface area contributed by atoms with Crippen LogP contribution < -0.4 is 4.90 Å². The molecule has 1 aromatic carbocycles. The summed E-state index contributed by atoms with van der Waals surface area (Å²) in [5.74, 6) is 0. The minimum Gasteiger partial charge on any atom is -0.395 e. The van der Waals surface area contributed by atoms with Crippen LogP contribution in [-0.4, -0.2) is 24.8 Å². The van der Waals surface area contributed by atoms with Crippen LogP contribution in [0.2, 0.25) is 0 Å². The molecule has 0 aliphatic rings. The van der Waals surface area contributed by atoms with E-state index in [-0.39, 0.29) is 6.61 Å². The SMILES string of the molecule is CCN(CCO)c1cc[c]c(C)c1. The van der Waals surface area contributed by atoms with Crippen LogP contribution in [0.1, 0.15) is 12.5 Å². The van der Waals surface area contributed by atoms with E-state index in [0.717, 1.165) is 17.8 Å². The summed E-state index contributed by atoms with van der Waals surface area (Å²) >= 11 is 0. The third kappa shape index (κ3) is 2.74. The van der Waals surface area contributed by atoms with Gasteiger partial charge in [-0.05, 0) is 37.6 Å². The van der Waals surface area contributed by atoms with Gasteiger partial charge in [-0.15, -0.1) is 0 Å². The Balaban J connectivity index is 2.78. The van der Waals surface area contributed by atoms with E-state index in [9.17, 15) is 0 Å². The van der Waals surface area contributed by atoms with E-state index in [1.54, 1.807) is 0 Å². The van der Waals surface area contributed by atoms with Gasteiger partial charge in [0.15, 0.2) is 0 Å². The summed E-state index contributed by atoms with van der Waals surface area (Å²) in [4.78, 5) is 2.14. The van der Waals surface area contributed by atoms with E-state index in [2.05, 4.69) is 24.0 Å². The molecule has 13 heavy (non-hydrogen) atoms. The van der Waals surface area contributed by atoms with Crippen LogP contribution in [0.4, 0.5) is 5.69 Å². The van der Waals surface area contributed by atoms with Gasteiger partial charge in [0.25, 0.3) is 0 Å². The summed E-state index contributed by atoms with van der Waals surface area (Å²) in [5.41, 5.74) is 2.29. The fourth-order valence-corrected chi connectivity index (χ4v) is 1.36. The first-order chi connectivity index (χ1) is 6.27. The molecule has 0 unspecified atom stereocenters. The van der Waals surface area contributed by atoms with Crippen molar-refractivity contribution in [1.82, 2.24) is 0 Å². The monoisotopic (exact) mass is 178 g/mol. The first-order valence-electron chi connectivity index (χ1n) is 4.62. The number of hydrogen-bond acceptors (Lipinski definition) is 2. The van der Waals surface area contributed by atoms with E-state index >= 15 is 0 Å². The Morgan fingerprint density at radius 1 is 1.54 bits per heavy atom. The summed E-state index contributed by atoms with van der Waals surface area (Å²) in [5, 5.41) is 8.85. The van der Waals surface area contributed by atoms with E-state index in [1.165, 1.54) is 0 Å². The number of likely N-dealkylation sites (N-methyl/N-ethyl adjacent to an activating group) is 1. The summed E-state index contributed by atoms with van der Waals surface area (Å²) in [6.45, 7) is 5.92. The number of anilines is 1. The van der Waals surface area contributed by atoms with Gasteiger partial charge in [-0.2, -0.15) is 0 Å². The smallest absolute Gasteiger partial charge is 0.0606 e. The quantitative estimate of drug-likeness (QED) is 0.757. The van der Waals surface area contributed by atoms with Crippen LogP contribution >= 0.6 is 0 Å². The van der Waals surface area contributed by atoms with Gasteiger partial charge in [-0.3, -0.25) is 0 Å². The molecule has 1 radical (unpaired) electrons. The Hall–Kier alpha value is -1.02. The van der Waals surface area contributed by atoms with Crippen molar-refractivity contribution in [3.63, 3.8) is 0 Å². The van der Waals surface area contributed by atoms with Crippen molar-refractivity contribution in [2.24, 2.45) is 0 Å². The van der Waals surface area contributed by atoms with Gasteiger partial charge in [0.2, 0.25) is 0 Å². The average molecular weight is 178 g/mol. The number of rotatable bonds is 4. The van der Waals surface area contributed by atoms with Gasteiger partial charge in [0, 0.05) is 18.8 Å². The molecule has 0 amide bonds. The molecule has 0 fully saturated rings. The third-order valence-electron chi connectivity index (χ3n) is 2.05. The molecular formula is C11H16NO. The summed E-state index contributed by atoms with van der Waals surface area (Å²) in [6, 6.07) is 9.13. The largest absolute Gasteiger partial charge is 0.395 e. The molecule has 2 heteroatoms. The molecular weight excluding hydrogens is 162 g/mol. The molecule has 0 saturated heterocycles. The molecule has 1 N–H and O–H groups in total. The van der Waals surface area contributed by atoms with Gasteiger partial charge < -0.3 is 10.0 Å². The molecule has 0 heterocycles. The Morgan fingerprint density at radius 3 is 2.85 bits per heavy atom. The van der Waals surface area contributed by atoms with Crippen LogP contribution in [0, 0.1) is 13.0 Å². The topological polar surface area (TPSA) is 23.5 Å². The third-order valence-corrected chi connectivity index (χ3v) is 2.05. The zero-order valence-corrected chi connectivity index (χ0v) is 8.25. The normalized spacial score (nSPS) is 10.1. The molecule has 71 valence electrons. The first-order valence-corrected chi connectivity index (χ1v) is 4.62. The van der Waals surface area contributed by atoms with Gasteiger partial charge in [0.05, 0.1) is 6.61 Å². The molecule has 1 aromatic rings. The zero-order chi connectivity index (χ0) is 9.68. The van der Waals surface area contributed by atoms with Crippen molar-refractivity contribution in [1.29, 1.82) is 0 Å². The van der Waals surface area contributed by atoms with E-state index in [4.69, 9.17) is 5.11 Å². The second-order valence-electron chi connectivity index (χ2n) is 3.03. The summed E-state index contributed by atoms with van der Waals surface area (Å²) < 4.78 is 0. The van der Waals surface area contributed by atoms with Crippen LogP contribution in [0.5, 0.6) is 0 Å². The van der Waals surface area contributed by atoms with Gasteiger partial charge in [-0.1, -0.05) is 6.07 Å². The summed E-state index contributed by atoms with van der Waals surface area (Å²) in [7, 11) is 0. The Labute approximate surface area is 79.8 Å². The number of nitrogens with zero attached hydrogens (tertiary/aromatic N) is 1. The molecule has 0 atom stereocenters.